The fourth-order valence-corrected chi connectivity index (χ4v) is 3.69. The predicted molar refractivity (Wildman–Crippen MR) is 107 cm³/mol. The summed E-state index contributed by atoms with van der Waals surface area (Å²) in [5, 5.41) is 0. The van der Waals surface area contributed by atoms with Crippen molar-refractivity contribution < 1.29 is 9.59 Å². The summed E-state index contributed by atoms with van der Waals surface area (Å²) in [5.41, 5.74) is 6.20. The first kappa shape index (κ1) is 22.5. The maximum Gasteiger partial charge on any atom is 0.253 e. The van der Waals surface area contributed by atoms with Crippen molar-refractivity contribution in [2.75, 3.05) is 26.7 Å². The molecule has 2 rings (SSSR count). The molecule has 6 heteroatoms. The lowest BCUT2D eigenvalue weighted by atomic mass is 9.80. The molecule has 0 aliphatic carbocycles. The van der Waals surface area contributed by atoms with Gasteiger partial charge in [-0.25, -0.2) is 0 Å². The molecule has 1 aromatic carbocycles. The molecule has 0 unspecified atom stereocenters. The van der Waals surface area contributed by atoms with Gasteiger partial charge < -0.3 is 15.5 Å². The van der Waals surface area contributed by atoms with Gasteiger partial charge in [-0.3, -0.25) is 9.59 Å². The third-order valence-electron chi connectivity index (χ3n) is 5.84. The first-order chi connectivity index (χ1) is 12.0. The Morgan fingerprint density at radius 1 is 1.15 bits per heavy atom. The second kappa shape index (κ2) is 9.93. The number of carbonyl (C=O) groups excluding carboxylic acids is 2. The average molecular weight is 382 g/mol. The van der Waals surface area contributed by atoms with Crippen molar-refractivity contribution in [1.82, 2.24) is 9.80 Å². The Balaban J connectivity index is 0.00000338. The van der Waals surface area contributed by atoms with Crippen molar-refractivity contribution in [3.8, 4) is 0 Å². The van der Waals surface area contributed by atoms with Gasteiger partial charge in [-0.05, 0) is 37.8 Å². The van der Waals surface area contributed by atoms with Crippen LogP contribution in [0.5, 0.6) is 0 Å². The maximum atomic E-state index is 13.0. The van der Waals surface area contributed by atoms with E-state index in [1.54, 1.807) is 0 Å². The van der Waals surface area contributed by atoms with Crippen molar-refractivity contribution in [3.05, 3.63) is 35.9 Å². The summed E-state index contributed by atoms with van der Waals surface area (Å²) in [7, 11) is 1.89. The van der Waals surface area contributed by atoms with Crippen LogP contribution in [-0.4, -0.2) is 54.3 Å². The highest BCUT2D eigenvalue weighted by atomic mass is 35.5. The highest BCUT2D eigenvalue weighted by molar-refractivity contribution is 5.94. The van der Waals surface area contributed by atoms with Gasteiger partial charge in [0.25, 0.3) is 5.91 Å². The van der Waals surface area contributed by atoms with Crippen LogP contribution in [-0.2, 0) is 4.79 Å². The topological polar surface area (TPSA) is 66.6 Å². The van der Waals surface area contributed by atoms with Crippen molar-refractivity contribution in [3.63, 3.8) is 0 Å². The van der Waals surface area contributed by atoms with E-state index in [0.717, 1.165) is 31.2 Å². The van der Waals surface area contributed by atoms with Crippen LogP contribution in [0, 0.1) is 5.41 Å². The van der Waals surface area contributed by atoms with E-state index < -0.39 is 5.41 Å². The second-order valence-corrected chi connectivity index (χ2v) is 7.00. The Hall–Kier alpha value is -1.59. The molecule has 0 spiro atoms. The van der Waals surface area contributed by atoms with Crippen LogP contribution in [0.2, 0.25) is 0 Å². The van der Waals surface area contributed by atoms with E-state index >= 15 is 0 Å². The number of likely N-dealkylation sites (tertiary alicyclic amines) is 1. The molecule has 0 aromatic heterocycles. The molecule has 1 aromatic rings. The zero-order chi connectivity index (χ0) is 18.4. The lowest BCUT2D eigenvalue weighted by Crippen LogP contribution is -2.53. The smallest absolute Gasteiger partial charge is 0.253 e. The normalized spacial score (nSPS) is 15.3. The molecule has 0 radical (unpaired) electrons. The Kier molecular flexibility index (Phi) is 8.57. The third-order valence-corrected chi connectivity index (χ3v) is 5.84. The quantitative estimate of drug-likeness (QED) is 0.823. The first-order valence-electron chi connectivity index (χ1n) is 9.30. The summed E-state index contributed by atoms with van der Waals surface area (Å²) in [6.45, 7) is 5.81. The minimum Gasteiger partial charge on any atom is -0.342 e. The number of nitrogens with zero attached hydrogens (tertiary/aromatic N) is 2. The fourth-order valence-electron chi connectivity index (χ4n) is 3.69. The summed E-state index contributed by atoms with van der Waals surface area (Å²) in [6, 6.07) is 9.55. The van der Waals surface area contributed by atoms with Gasteiger partial charge in [0.2, 0.25) is 5.91 Å². The Labute approximate surface area is 163 Å². The minimum atomic E-state index is -0.453. The molecule has 1 heterocycles. The van der Waals surface area contributed by atoms with Crippen molar-refractivity contribution in [2.24, 2.45) is 11.1 Å². The first-order valence-corrected chi connectivity index (χ1v) is 9.30. The van der Waals surface area contributed by atoms with Crippen molar-refractivity contribution in [2.45, 2.75) is 45.6 Å². The van der Waals surface area contributed by atoms with Gasteiger partial charge in [0, 0.05) is 38.3 Å². The second-order valence-electron chi connectivity index (χ2n) is 7.00. The van der Waals surface area contributed by atoms with Crippen LogP contribution in [0.25, 0.3) is 0 Å². The lowest BCUT2D eigenvalue weighted by molar-refractivity contribution is -0.143. The van der Waals surface area contributed by atoms with Crippen LogP contribution in [0.3, 0.4) is 0 Å². The number of hydrogen-bond donors (Lipinski definition) is 1. The average Bonchev–Trinajstić information content (AvgIpc) is 2.69. The Bertz CT molecular complexity index is 574. The van der Waals surface area contributed by atoms with E-state index in [1.165, 1.54) is 0 Å². The van der Waals surface area contributed by atoms with Gasteiger partial charge in [-0.15, -0.1) is 12.4 Å². The van der Waals surface area contributed by atoms with Gasteiger partial charge >= 0.3 is 0 Å². The van der Waals surface area contributed by atoms with E-state index in [2.05, 4.69) is 0 Å². The summed E-state index contributed by atoms with van der Waals surface area (Å²) >= 11 is 0. The molecule has 1 saturated heterocycles. The van der Waals surface area contributed by atoms with Crippen LogP contribution < -0.4 is 5.73 Å². The van der Waals surface area contributed by atoms with Crippen LogP contribution in [0.15, 0.2) is 30.3 Å². The summed E-state index contributed by atoms with van der Waals surface area (Å²) in [4.78, 5) is 29.3. The minimum absolute atomic E-state index is 0. The van der Waals surface area contributed by atoms with Crippen LogP contribution in [0.4, 0.5) is 0 Å². The van der Waals surface area contributed by atoms with Gasteiger partial charge in [0.15, 0.2) is 0 Å². The van der Waals surface area contributed by atoms with Gasteiger partial charge in [-0.2, -0.15) is 0 Å². The third kappa shape index (κ3) is 4.57. The fraction of sp³-hybridized carbons (Fsp3) is 0.600. The molecule has 2 N–H and O–H groups in total. The SMILES string of the molecule is CCC(CC)(CN)C(=O)N(C)C1CCN(C(=O)c2ccccc2)CC1.Cl. The monoisotopic (exact) mass is 381 g/mol. The van der Waals surface area contributed by atoms with E-state index in [4.69, 9.17) is 5.73 Å². The molecule has 1 fully saturated rings. The van der Waals surface area contributed by atoms with Crippen molar-refractivity contribution in [1.29, 1.82) is 0 Å². The van der Waals surface area contributed by atoms with Crippen LogP contribution in [0.1, 0.15) is 49.9 Å². The number of benzene rings is 1. The molecule has 1 aliphatic rings. The molecule has 1 aliphatic heterocycles. The Morgan fingerprint density at radius 2 is 1.69 bits per heavy atom. The summed E-state index contributed by atoms with van der Waals surface area (Å²) in [5.74, 6) is 0.222. The van der Waals surface area contributed by atoms with Gasteiger partial charge in [0.05, 0.1) is 5.41 Å². The number of halogens is 1. The standard InChI is InChI=1S/C20H31N3O2.ClH/c1-4-20(5-2,15-21)19(25)22(3)17-11-13-23(14-12-17)18(24)16-9-7-6-8-10-16;/h6-10,17H,4-5,11-15,21H2,1-3H3;1H. The highest BCUT2D eigenvalue weighted by Gasteiger charge is 2.38. The van der Waals surface area contributed by atoms with E-state index in [1.807, 2.05) is 61.0 Å². The van der Waals surface area contributed by atoms with Crippen LogP contribution >= 0.6 is 12.4 Å². The lowest BCUT2D eigenvalue weighted by Gasteiger charge is -2.41. The summed E-state index contributed by atoms with van der Waals surface area (Å²) in [6.07, 6.45) is 3.15. The number of piperidine rings is 1. The maximum absolute atomic E-state index is 13.0. The number of carbonyl (C=O) groups is 2. The highest BCUT2D eigenvalue weighted by Crippen LogP contribution is 2.29. The number of hydrogen-bond acceptors (Lipinski definition) is 3. The van der Waals surface area contributed by atoms with E-state index in [9.17, 15) is 9.59 Å². The zero-order valence-electron chi connectivity index (χ0n) is 16.1. The zero-order valence-corrected chi connectivity index (χ0v) is 16.9. The molecule has 2 amide bonds. The predicted octanol–water partition coefficient (Wildman–Crippen LogP) is 2.94. The molecule has 0 atom stereocenters. The van der Waals surface area contributed by atoms with Crippen molar-refractivity contribution >= 4 is 24.2 Å². The number of nitrogens with two attached hydrogens (primary N) is 1. The van der Waals surface area contributed by atoms with Gasteiger partial charge in [-0.1, -0.05) is 32.0 Å². The van der Waals surface area contributed by atoms with E-state index in [0.29, 0.717) is 19.6 Å². The number of amides is 2. The largest absolute Gasteiger partial charge is 0.342 e. The molecule has 5 nitrogen and oxygen atoms in total. The number of rotatable bonds is 6. The molecule has 0 bridgehead atoms. The van der Waals surface area contributed by atoms with Gasteiger partial charge in [0.1, 0.15) is 0 Å². The molecule has 26 heavy (non-hydrogen) atoms. The molecular weight excluding hydrogens is 350 g/mol. The summed E-state index contributed by atoms with van der Waals surface area (Å²) < 4.78 is 0. The Morgan fingerprint density at radius 3 is 2.15 bits per heavy atom. The molecule has 0 saturated carbocycles. The molecule has 146 valence electrons. The van der Waals surface area contributed by atoms with E-state index in [-0.39, 0.29) is 30.3 Å². The molecular formula is C20H32ClN3O2.